The van der Waals surface area contributed by atoms with Gasteiger partial charge in [-0.1, -0.05) is 0 Å². The van der Waals surface area contributed by atoms with Crippen LogP contribution in [0, 0.1) is 25.7 Å². The normalized spacial score (nSPS) is 22.5. The lowest BCUT2D eigenvalue weighted by atomic mass is 9.82. The highest BCUT2D eigenvalue weighted by atomic mass is 16.4. The lowest BCUT2D eigenvalue weighted by Gasteiger charge is -2.26. The monoisotopic (exact) mass is 279 g/mol. The highest BCUT2D eigenvalue weighted by molar-refractivity contribution is 5.96. The van der Waals surface area contributed by atoms with Gasteiger partial charge in [0.15, 0.2) is 0 Å². The molecule has 1 aliphatic carbocycles. The largest absolute Gasteiger partial charge is 0.481 e. The van der Waals surface area contributed by atoms with Crippen LogP contribution in [0.3, 0.4) is 0 Å². The van der Waals surface area contributed by atoms with Crippen molar-refractivity contribution in [3.05, 3.63) is 17.0 Å². The summed E-state index contributed by atoms with van der Waals surface area (Å²) in [6.07, 6.45) is 3.14. The standard InChI is InChI=1S/C14H21N3O3/c1-8-12(9(2)17-16-8)13(18)15-7-10-3-5-11(6-4-10)14(19)20/h10-11H,3-7H2,1-2H3,(H,15,18)(H,16,17)(H,19,20). The number of carbonyl (C=O) groups excluding carboxylic acids is 1. The number of hydrogen-bond acceptors (Lipinski definition) is 3. The molecule has 0 aromatic carbocycles. The molecule has 1 aliphatic rings. The minimum absolute atomic E-state index is 0.103. The average Bonchev–Trinajstić information content (AvgIpc) is 2.76. The van der Waals surface area contributed by atoms with E-state index in [0.717, 1.165) is 18.5 Å². The van der Waals surface area contributed by atoms with Gasteiger partial charge in [-0.05, 0) is 45.4 Å². The first-order valence-corrected chi connectivity index (χ1v) is 7.01. The van der Waals surface area contributed by atoms with Gasteiger partial charge in [-0.3, -0.25) is 14.7 Å². The third kappa shape index (κ3) is 3.18. The molecule has 110 valence electrons. The Kier molecular flexibility index (Phi) is 4.42. The van der Waals surface area contributed by atoms with E-state index in [4.69, 9.17) is 5.11 Å². The molecule has 20 heavy (non-hydrogen) atoms. The van der Waals surface area contributed by atoms with Gasteiger partial charge in [-0.25, -0.2) is 0 Å². The van der Waals surface area contributed by atoms with E-state index < -0.39 is 5.97 Å². The summed E-state index contributed by atoms with van der Waals surface area (Å²) >= 11 is 0. The lowest BCUT2D eigenvalue weighted by Crippen LogP contribution is -2.32. The Balaban J connectivity index is 1.82. The second-order valence-corrected chi connectivity index (χ2v) is 5.57. The van der Waals surface area contributed by atoms with Crippen molar-refractivity contribution < 1.29 is 14.7 Å². The number of aromatic amines is 1. The molecule has 6 nitrogen and oxygen atoms in total. The SMILES string of the molecule is Cc1n[nH]c(C)c1C(=O)NCC1CCC(C(=O)O)CC1. The van der Waals surface area contributed by atoms with Crippen LogP contribution in [0.25, 0.3) is 0 Å². The zero-order valence-corrected chi connectivity index (χ0v) is 11.9. The van der Waals surface area contributed by atoms with E-state index in [-0.39, 0.29) is 11.8 Å². The molecule has 0 saturated heterocycles. The van der Waals surface area contributed by atoms with Crippen molar-refractivity contribution in [2.75, 3.05) is 6.54 Å². The molecule has 0 aliphatic heterocycles. The Morgan fingerprint density at radius 2 is 1.95 bits per heavy atom. The number of H-pyrrole nitrogens is 1. The van der Waals surface area contributed by atoms with Crippen molar-refractivity contribution in [1.29, 1.82) is 0 Å². The number of rotatable bonds is 4. The maximum Gasteiger partial charge on any atom is 0.306 e. The fourth-order valence-electron chi connectivity index (χ4n) is 2.82. The Bertz CT molecular complexity index is 482. The predicted molar refractivity (Wildman–Crippen MR) is 73.5 cm³/mol. The molecule has 0 spiro atoms. The fourth-order valence-corrected chi connectivity index (χ4v) is 2.82. The molecule has 1 fully saturated rings. The van der Waals surface area contributed by atoms with Crippen LogP contribution in [0.15, 0.2) is 0 Å². The van der Waals surface area contributed by atoms with Crippen molar-refractivity contribution in [1.82, 2.24) is 15.5 Å². The number of aryl methyl sites for hydroxylation is 2. The van der Waals surface area contributed by atoms with Crippen LogP contribution < -0.4 is 5.32 Å². The van der Waals surface area contributed by atoms with Crippen LogP contribution >= 0.6 is 0 Å². The summed E-state index contributed by atoms with van der Waals surface area (Å²) in [6, 6.07) is 0. The molecule has 2 rings (SSSR count). The average molecular weight is 279 g/mol. The van der Waals surface area contributed by atoms with Gasteiger partial charge in [-0.2, -0.15) is 5.10 Å². The molecule has 1 amide bonds. The Morgan fingerprint density at radius 1 is 1.30 bits per heavy atom. The predicted octanol–water partition coefficient (Wildman–Crippen LogP) is 1.65. The quantitative estimate of drug-likeness (QED) is 0.781. The summed E-state index contributed by atoms with van der Waals surface area (Å²) < 4.78 is 0. The number of carboxylic acids is 1. The molecule has 0 radical (unpaired) electrons. The van der Waals surface area contributed by atoms with Crippen molar-refractivity contribution in [2.45, 2.75) is 39.5 Å². The molecule has 1 heterocycles. The second-order valence-electron chi connectivity index (χ2n) is 5.57. The van der Waals surface area contributed by atoms with Crippen molar-refractivity contribution >= 4 is 11.9 Å². The van der Waals surface area contributed by atoms with Crippen molar-refractivity contribution in [2.24, 2.45) is 11.8 Å². The molecular weight excluding hydrogens is 258 g/mol. The Morgan fingerprint density at radius 3 is 2.45 bits per heavy atom. The molecule has 0 unspecified atom stereocenters. The summed E-state index contributed by atoms with van der Waals surface area (Å²) in [5.74, 6) is -0.631. The summed E-state index contributed by atoms with van der Waals surface area (Å²) in [7, 11) is 0. The Hall–Kier alpha value is -1.85. The van der Waals surface area contributed by atoms with Crippen LogP contribution in [0.5, 0.6) is 0 Å². The topological polar surface area (TPSA) is 95.1 Å². The van der Waals surface area contributed by atoms with Gasteiger partial charge in [0, 0.05) is 12.2 Å². The van der Waals surface area contributed by atoms with E-state index >= 15 is 0 Å². The number of nitrogens with one attached hydrogen (secondary N) is 2. The summed E-state index contributed by atoms with van der Waals surface area (Å²) in [5.41, 5.74) is 2.09. The first-order valence-electron chi connectivity index (χ1n) is 7.01. The first kappa shape index (κ1) is 14.6. The number of aromatic nitrogens is 2. The molecule has 3 N–H and O–H groups in total. The van der Waals surface area contributed by atoms with E-state index in [1.165, 1.54) is 0 Å². The van der Waals surface area contributed by atoms with Crippen LogP contribution in [0.4, 0.5) is 0 Å². The zero-order valence-electron chi connectivity index (χ0n) is 11.9. The minimum atomic E-state index is -0.697. The number of carbonyl (C=O) groups is 2. The maximum absolute atomic E-state index is 12.1. The summed E-state index contributed by atoms with van der Waals surface area (Å²) in [5, 5.41) is 18.7. The molecule has 1 aromatic rings. The molecule has 1 aromatic heterocycles. The number of amides is 1. The van der Waals surface area contributed by atoms with Gasteiger partial charge in [0.2, 0.25) is 0 Å². The Labute approximate surface area is 118 Å². The third-order valence-electron chi connectivity index (χ3n) is 4.10. The molecule has 1 saturated carbocycles. The van der Waals surface area contributed by atoms with Crippen molar-refractivity contribution in [3.8, 4) is 0 Å². The van der Waals surface area contributed by atoms with E-state index in [1.54, 1.807) is 6.92 Å². The highest BCUT2D eigenvalue weighted by Crippen LogP contribution is 2.28. The van der Waals surface area contributed by atoms with Gasteiger partial charge < -0.3 is 10.4 Å². The van der Waals surface area contributed by atoms with Crippen LogP contribution in [-0.2, 0) is 4.79 Å². The molecule has 0 bridgehead atoms. The van der Waals surface area contributed by atoms with Gasteiger partial charge in [0.25, 0.3) is 5.91 Å². The number of carboxylic acid groups (broad SMARTS) is 1. The van der Waals surface area contributed by atoms with Gasteiger partial charge >= 0.3 is 5.97 Å². The van der Waals surface area contributed by atoms with E-state index in [0.29, 0.717) is 36.6 Å². The first-order chi connectivity index (χ1) is 9.49. The van der Waals surface area contributed by atoms with Gasteiger partial charge in [0.05, 0.1) is 17.2 Å². The lowest BCUT2D eigenvalue weighted by molar-refractivity contribution is -0.143. The molecule has 0 atom stereocenters. The van der Waals surface area contributed by atoms with E-state index in [9.17, 15) is 9.59 Å². The van der Waals surface area contributed by atoms with E-state index in [1.807, 2.05) is 6.92 Å². The summed E-state index contributed by atoms with van der Waals surface area (Å²) in [6.45, 7) is 4.23. The number of hydrogen-bond donors (Lipinski definition) is 3. The molecule has 6 heteroatoms. The van der Waals surface area contributed by atoms with Crippen LogP contribution in [0.2, 0.25) is 0 Å². The molecular formula is C14H21N3O3. The van der Waals surface area contributed by atoms with Crippen molar-refractivity contribution in [3.63, 3.8) is 0 Å². The number of aliphatic carboxylic acids is 1. The van der Waals surface area contributed by atoms with E-state index in [2.05, 4.69) is 15.5 Å². The van der Waals surface area contributed by atoms with Crippen LogP contribution in [0.1, 0.15) is 47.4 Å². The fraction of sp³-hybridized carbons (Fsp3) is 0.643. The summed E-state index contributed by atoms with van der Waals surface area (Å²) in [4.78, 5) is 23.0. The maximum atomic E-state index is 12.1. The highest BCUT2D eigenvalue weighted by Gasteiger charge is 2.26. The number of nitrogens with zero attached hydrogens (tertiary/aromatic N) is 1. The minimum Gasteiger partial charge on any atom is -0.481 e. The zero-order chi connectivity index (χ0) is 14.7. The van der Waals surface area contributed by atoms with Gasteiger partial charge in [-0.15, -0.1) is 0 Å². The third-order valence-corrected chi connectivity index (χ3v) is 4.10. The van der Waals surface area contributed by atoms with Gasteiger partial charge in [0.1, 0.15) is 0 Å². The van der Waals surface area contributed by atoms with Crippen LogP contribution in [-0.4, -0.2) is 33.7 Å². The second kappa shape index (κ2) is 6.07. The smallest absolute Gasteiger partial charge is 0.306 e.